The van der Waals surface area contributed by atoms with Gasteiger partial charge in [0, 0.05) is 4.47 Å². The van der Waals surface area contributed by atoms with Crippen LogP contribution in [0, 0.1) is 0 Å². The van der Waals surface area contributed by atoms with Crippen LogP contribution in [0.1, 0.15) is 6.04 Å². The first kappa shape index (κ1) is 9.18. The van der Waals surface area contributed by atoms with Gasteiger partial charge in [0.2, 0.25) is 0 Å². The maximum atomic E-state index is 11.7. The lowest BCUT2D eigenvalue weighted by molar-refractivity contribution is -0.0228. The Morgan fingerprint density at radius 3 is 2.93 bits per heavy atom. The molecule has 0 atom stereocenters. The van der Waals surface area contributed by atoms with Gasteiger partial charge in [0.1, 0.15) is 0 Å². The molecule has 2 aromatic rings. The van der Waals surface area contributed by atoms with E-state index < -0.39 is 0 Å². The van der Waals surface area contributed by atoms with Crippen molar-refractivity contribution in [3.8, 4) is 0 Å². The SMILES string of the molecule is O=c1[nH]c2cc(Br)ccc2n1C1COC1. The number of aromatic amines is 1. The van der Waals surface area contributed by atoms with Gasteiger partial charge < -0.3 is 9.72 Å². The molecule has 4 nitrogen and oxygen atoms in total. The fourth-order valence-electron chi connectivity index (χ4n) is 1.84. The number of rotatable bonds is 1. The molecule has 3 rings (SSSR count). The highest BCUT2D eigenvalue weighted by Crippen LogP contribution is 2.22. The zero-order valence-electron chi connectivity index (χ0n) is 7.87. The molecule has 1 aromatic heterocycles. The summed E-state index contributed by atoms with van der Waals surface area (Å²) in [6.07, 6.45) is 0. The lowest BCUT2D eigenvalue weighted by Crippen LogP contribution is -2.36. The number of aromatic nitrogens is 2. The van der Waals surface area contributed by atoms with E-state index in [1.165, 1.54) is 0 Å². The summed E-state index contributed by atoms with van der Waals surface area (Å²) in [6, 6.07) is 5.97. The highest BCUT2D eigenvalue weighted by Gasteiger charge is 2.24. The van der Waals surface area contributed by atoms with Gasteiger partial charge in [-0.25, -0.2) is 4.79 Å². The molecule has 1 fully saturated rings. The number of fused-ring (bicyclic) bond motifs is 1. The molecule has 0 spiro atoms. The second-order valence-electron chi connectivity index (χ2n) is 3.65. The van der Waals surface area contributed by atoms with E-state index in [-0.39, 0.29) is 11.7 Å². The van der Waals surface area contributed by atoms with Gasteiger partial charge in [0.15, 0.2) is 0 Å². The van der Waals surface area contributed by atoms with Crippen LogP contribution in [0.25, 0.3) is 11.0 Å². The molecule has 0 bridgehead atoms. The van der Waals surface area contributed by atoms with Gasteiger partial charge in [0.25, 0.3) is 0 Å². The minimum atomic E-state index is -0.0589. The largest absolute Gasteiger partial charge is 0.377 e. The monoisotopic (exact) mass is 268 g/mol. The Labute approximate surface area is 94.0 Å². The van der Waals surface area contributed by atoms with E-state index in [0.29, 0.717) is 13.2 Å². The summed E-state index contributed by atoms with van der Waals surface area (Å²) in [7, 11) is 0. The summed E-state index contributed by atoms with van der Waals surface area (Å²) in [5.74, 6) is 0. The third-order valence-electron chi connectivity index (χ3n) is 2.66. The molecule has 1 aliphatic rings. The number of ether oxygens (including phenoxy) is 1. The molecule has 15 heavy (non-hydrogen) atoms. The van der Waals surface area contributed by atoms with Crippen molar-refractivity contribution in [1.29, 1.82) is 0 Å². The number of H-pyrrole nitrogens is 1. The standard InChI is InChI=1S/C10H9BrN2O2/c11-6-1-2-9-8(3-6)12-10(14)13(9)7-4-15-5-7/h1-3,7H,4-5H2,(H,12,14). The number of nitrogens with zero attached hydrogens (tertiary/aromatic N) is 1. The number of halogens is 1. The van der Waals surface area contributed by atoms with Crippen molar-refractivity contribution < 1.29 is 4.74 Å². The zero-order chi connectivity index (χ0) is 10.4. The quantitative estimate of drug-likeness (QED) is 0.855. The zero-order valence-corrected chi connectivity index (χ0v) is 9.45. The second kappa shape index (κ2) is 3.21. The van der Waals surface area contributed by atoms with E-state index in [0.717, 1.165) is 15.5 Å². The van der Waals surface area contributed by atoms with Crippen molar-refractivity contribution in [2.24, 2.45) is 0 Å². The Hall–Kier alpha value is -1.07. The smallest absolute Gasteiger partial charge is 0.326 e. The molecule has 78 valence electrons. The van der Waals surface area contributed by atoms with Crippen LogP contribution >= 0.6 is 15.9 Å². The van der Waals surface area contributed by atoms with E-state index >= 15 is 0 Å². The van der Waals surface area contributed by atoms with Crippen LogP contribution in [0.2, 0.25) is 0 Å². The molecule has 5 heteroatoms. The Morgan fingerprint density at radius 2 is 2.27 bits per heavy atom. The minimum absolute atomic E-state index is 0.0589. The maximum absolute atomic E-state index is 11.7. The maximum Gasteiger partial charge on any atom is 0.326 e. The summed E-state index contributed by atoms with van der Waals surface area (Å²) >= 11 is 3.38. The third kappa shape index (κ3) is 1.34. The van der Waals surface area contributed by atoms with Crippen molar-refractivity contribution in [2.75, 3.05) is 13.2 Å². The molecule has 1 saturated heterocycles. The molecule has 2 heterocycles. The summed E-state index contributed by atoms with van der Waals surface area (Å²) < 4.78 is 7.84. The molecule has 0 amide bonds. The molecule has 0 unspecified atom stereocenters. The number of hydrogen-bond donors (Lipinski definition) is 1. The molecule has 1 N–H and O–H groups in total. The first-order valence-electron chi connectivity index (χ1n) is 4.73. The predicted molar refractivity (Wildman–Crippen MR) is 60.1 cm³/mol. The predicted octanol–water partition coefficient (Wildman–Crippen LogP) is 1.66. The van der Waals surface area contributed by atoms with Crippen LogP contribution < -0.4 is 5.69 Å². The van der Waals surface area contributed by atoms with Crippen molar-refractivity contribution in [2.45, 2.75) is 6.04 Å². The first-order valence-corrected chi connectivity index (χ1v) is 5.52. The average Bonchev–Trinajstić information content (AvgIpc) is 2.40. The summed E-state index contributed by atoms with van der Waals surface area (Å²) in [6.45, 7) is 1.26. The summed E-state index contributed by atoms with van der Waals surface area (Å²) in [5.41, 5.74) is 1.74. The van der Waals surface area contributed by atoms with E-state index in [9.17, 15) is 4.79 Å². The first-order chi connectivity index (χ1) is 7.25. The molecular weight excluding hydrogens is 260 g/mol. The Kier molecular flexibility index (Phi) is 1.97. The number of hydrogen-bond acceptors (Lipinski definition) is 2. The van der Waals surface area contributed by atoms with Crippen LogP contribution in [-0.2, 0) is 4.74 Å². The van der Waals surface area contributed by atoms with Gasteiger partial charge in [-0.05, 0) is 18.2 Å². The molecule has 1 aliphatic heterocycles. The Morgan fingerprint density at radius 1 is 1.47 bits per heavy atom. The highest BCUT2D eigenvalue weighted by atomic mass is 79.9. The number of nitrogens with one attached hydrogen (secondary N) is 1. The average molecular weight is 269 g/mol. The molecule has 0 saturated carbocycles. The topological polar surface area (TPSA) is 47.0 Å². The fourth-order valence-corrected chi connectivity index (χ4v) is 2.20. The van der Waals surface area contributed by atoms with E-state index in [1.807, 2.05) is 18.2 Å². The van der Waals surface area contributed by atoms with Gasteiger partial charge in [-0.15, -0.1) is 0 Å². The minimum Gasteiger partial charge on any atom is -0.377 e. The van der Waals surface area contributed by atoms with E-state index in [2.05, 4.69) is 20.9 Å². The highest BCUT2D eigenvalue weighted by molar-refractivity contribution is 9.10. The van der Waals surface area contributed by atoms with Crippen molar-refractivity contribution >= 4 is 27.0 Å². The van der Waals surface area contributed by atoms with Crippen LogP contribution in [0.15, 0.2) is 27.5 Å². The summed E-state index contributed by atoms with van der Waals surface area (Å²) in [4.78, 5) is 14.6. The molecule has 0 radical (unpaired) electrons. The van der Waals surface area contributed by atoms with Gasteiger partial charge in [0.05, 0.1) is 30.3 Å². The van der Waals surface area contributed by atoms with Crippen molar-refractivity contribution in [3.63, 3.8) is 0 Å². The normalized spacial score (nSPS) is 16.9. The lowest BCUT2D eigenvalue weighted by Gasteiger charge is -2.26. The summed E-state index contributed by atoms with van der Waals surface area (Å²) in [5, 5.41) is 0. The van der Waals surface area contributed by atoms with Crippen LogP contribution in [0.3, 0.4) is 0 Å². The van der Waals surface area contributed by atoms with E-state index in [4.69, 9.17) is 4.74 Å². The van der Waals surface area contributed by atoms with Crippen molar-refractivity contribution in [1.82, 2.24) is 9.55 Å². The van der Waals surface area contributed by atoms with E-state index in [1.54, 1.807) is 4.57 Å². The number of benzene rings is 1. The van der Waals surface area contributed by atoms with Gasteiger partial charge >= 0.3 is 5.69 Å². The second-order valence-corrected chi connectivity index (χ2v) is 4.57. The Balaban J connectivity index is 2.27. The van der Waals surface area contributed by atoms with Gasteiger partial charge in [-0.2, -0.15) is 0 Å². The number of imidazole rings is 1. The molecule has 0 aliphatic carbocycles. The molecular formula is C10H9BrN2O2. The third-order valence-corrected chi connectivity index (χ3v) is 3.16. The van der Waals surface area contributed by atoms with Crippen LogP contribution in [0.4, 0.5) is 0 Å². The van der Waals surface area contributed by atoms with Gasteiger partial charge in [-0.3, -0.25) is 4.57 Å². The van der Waals surface area contributed by atoms with Gasteiger partial charge in [-0.1, -0.05) is 15.9 Å². The fraction of sp³-hybridized carbons (Fsp3) is 0.300. The Bertz CT molecular complexity index is 568. The molecule has 1 aromatic carbocycles. The lowest BCUT2D eigenvalue weighted by atomic mass is 10.2. The van der Waals surface area contributed by atoms with Crippen LogP contribution in [0.5, 0.6) is 0 Å². The van der Waals surface area contributed by atoms with Crippen LogP contribution in [-0.4, -0.2) is 22.8 Å². The van der Waals surface area contributed by atoms with Crippen molar-refractivity contribution in [3.05, 3.63) is 33.2 Å².